The average Bonchev–Trinajstić information content (AvgIpc) is 3.33. The third-order valence-corrected chi connectivity index (χ3v) is 12.4. The number of benzene rings is 4. The summed E-state index contributed by atoms with van der Waals surface area (Å²) >= 11 is 12.1. The van der Waals surface area contributed by atoms with Crippen molar-refractivity contribution in [3.63, 3.8) is 0 Å². The number of halogens is 2. The number of anilines is 2. The first-order chi connectivity index (χ1) is 34.9. The summed E-state index contributed by atoms with van der Waals surface area (Å²) in [5.74, 6) is -1.58. The molecule has 18 heteroatoms. The number of hydrogen-bond donors (Lipinski definition) is 6. The Labute approximate surface area is 445 Å². The molecule has 0 unspecified atom stereocenters. The summed E-state index contributed by atoms with van der Waals surface area (Å²) in [6, 6.07) is 24.4. The fourth-order valence-electron chi connectivity index (χ4n) is 7.70. The molecule has 7 N–H and O–H groups in total. The number of Topliss-reactive ketones (excluding diaryl/α,β-unsaturated/α-hetero) is 1. The maximum atomic E-state index is 14.0. The summed E-state index contributed by atoms with van der Waals surface area (Å²) in [5, 5.41) is 15.2. The number of nitrogens with two attached hydrogens (primary N) is 1. The molecule has 0 spiro atoms. The van der Waals surface area contributed by atoms with Crippen LogP contribution in [0.15, 0.2) is 91.0 Å². The van der Waals surface area contributed by atoms with Crippen molar-refractivity contribution >= 4 is 76.2 Å². The van der Waals surface area contributed by atoms with Crippen LogP contribution in [0.3, 0.4) is 0 Å². The van der Waals surface area contributed by atoms with Crippen LogP contribution >= 0.6 is 23.2 Å². The third kappa shape index (κ3) is 21.2. The van der Waals surface area contributed by atoms with Crippen LogP contribution in [0.4, 0.5) is 21.0 Å². The normalized spacial score (nSPS) is 13.9. The molecule has 5 rings (SSSR count). The van der Waals surface area contributed by atoms with E-state index in [9.17, 15) is 33.6 Å². The molecule has 4 aromatic rings. The Morgan fingerprint density at radius 1 is 0.649 bits per heavy atom. The number of hydrogen-bond acceptors (Lipinski definition) is 10. The quantitative estimate of drug-likeness (QED) is 0.0363. The average molecular weight is 1060 g/mol. The topological polar surface area (TPSA) is 227 Å². The monoisotopic (exact) mass is 1060 g/mol. The van der Waals surface area contributed by atoms with Gasteiger partial charge in [-0.15, -0.1) is 0 Å². The first kappa shape index (κ1) is 60.1. The van der Waals surface area contributed by atoms with E-state index in [0.29, 0.717) is 59.3 Å². The minimum Gasteiger partial charge on any atom is -0.444 e. The third-order valence-electron chi connectivity index (χ3n) is 11.6. The zero-order valence-electron chi connectivity index (χ0n) is 43.8. The van der Waals surface area contributed by atoms with Gasteiger partial charge in [0.05, 0.1) is 6.04 Å². The lowest BCUT2D eigenvalue weighted by Crippen LogP contribution is -2.56. The van der Waals surface area contributed by atoms with Crippen molar-refractivity contribution in [2.45, 2.75) is 149 Å². The molecule has 0 aromatic heterocycles. The molecule has 0 saturated heterocycles. The summed E-state index contributed by atoms with van der Waals surface area (Å²) < 4.78 is 10.4. The number of rotatable bonds is 20. The smallest absolute Gasteiger partial charge is 0.407 e. The van der Waals surface area contributed by atoms with E-state index in [0.717, 1.165) is 35.1 Å². The fourth-order valence-corrected chi connectivity index (χ4v) is 7.94. The van der Waals surface area contributed by atoms with E-state index in [1.807, 2.05) is 65.0 Å². The molecular formula is C56H73Cl2N7O9. The number of amides is 6. The zero-order chi connectivity index (χ0) is 54.6. The van der Waals surface area contributed by atoms with Gasteiger partial charge in [-0.3, -0.25) is 24.0 Å². The molecule has 0 fully saturated rings. The summed E-state index contributed by atoms with van der Waals surface area (Å²) in [5.41, 5.74) is 10.1. The van der Waals surface area contributed by atoms with Crippen LogP contribution < -0.4 is 32.3 Å². The van der Waals surface area contributed by atoms with Gasteiger partial charge in [-0.05, 0) is 153 Å². The van der Waals surface area contributed by atoms with Gasteiger partial charge >= 0.3 is 12.2 Å². The molecule has 1 aliphatic rings. The standard InChI is InChI=1S/C38H45ClN4O6.C18H28ClN3O3/c1-25-22-29(17-18-30(25)39)41-35(46)31(16-10-11-21-40-37(48)49-38(2,3)4)42-36(47)32-23-27-14-8-9-15-28(27)24-43(32)34(45)20-19-33(44)26-12-6-5-7-13-26;1-12-11-13(8-9-14(12)19)22-16(23)15(20)7-5-6-10-21-17(24)25-18(2,3)4/h5-9,12-15,17-18,22,31-32H,10-11,16,19-21,23-24H2,1-4H3,(H,40,48)(H,41,46)(H,42,47);8-9,11,15H,5-7,10,20H2,1-4H3,(H,21,24)(H,22,23)/t31-,32-;15-/m00/s1. The van der Waals surface area contributed by atoms with E-state index >= 15 is 0 Å². The Balaban J connectivity index is 0.000000399. The van der Waals surface area contributed by atoms with Gasteiger partial charge in [0.1, 0.15) is 23.3 Å². The fraction of sp³-hybridized carbons (Fsp3) is 0.446. The Hall–Kier alpha value is -6.49. The highest BCUT2D eigenvalue weighted by Gasteiger charge is 2.36. The number of nitrogens with zero attached hydrogens (tertiary/aromatic N) is 1. The van der Waals surface area contributed by atoms with Crippen molar-refractivity contribution < 1.29 is 43.0 Å². The number of carbonyl (C=O) groups is 7. The number of aryl methyl sites for hydroxylation is 2. The molecule has 400 valence electrons. The molecule has 4 aromatic carbocycles. The number of carbonyl (C=O) groups excluding carboxylic acids is 7. The number of ketones is 1. The predicted octanol–water partition coefficient (Wildman–Crippen LogP) is 9.99. The summed E-state index contributed by atoms with van der Waals surface area (Å²) in [6.45, 7) is 15.5. The Morgan fingerprint density at radius 2 is 1.15 bits per heavy atom. The first-order valence-electron chi connectivity index (χ1n) is 25.0. The molecular weight excluding hydrogens is 986 g/mol. The number of fused-ring (bicyclic) bond motifs is 1. The highest BCUT2D eigenvalue weighted by atomic mass is 35.5. The maximum Gasteiger partial charge on any atom is 0.407 e. The second-order valence-electron chi connectivity index (χ2n) is 20.2. The summed E-state index contributed by atoms with van der Waals surface area (Å²) in [4.78, 5) is 91.2. The van der Waals surface area contributed by atoms with Crippen molar-refractivity contribution in [1.29, 1.82) is 0 Å². The van der Waals surface area contributed by atoms with Crippen LogP contribution in [0.25, 0.3) is 0 Å². The van der Waals surface area contributed by atoms with E-state index in [2.05, 4.69) is 26.6 Å². The molecule has 0 bridgehead atoms. The summed E-state index contributed by atoms with van der Waals surface area (Å²) in [7, 11) is 0. The van der Waals surface area contributed by atoms with E-state index in [4.69, 9.17) is 38.4 Å². The van der Waals surface area contributed by atoms with Gasteiger partial charge in [-0.2, -0.15) is 0 Å². The minimum atomic E-state index is -0.932. The highest BCUT2D eigenvalue weighted by Crippen LogP contribution is 2.26. The Bertz CT molecular complexity index is 2560. The van der Waals surface area contributed by atoms with Crippen molar-refractivity contribution in [2.24, 2.45) is 5.73 Å². The lowest BCUT2D eigenvalue weighted by atomic mass is 9.92. The number of alkyl carbamates (subject to hydrolysis) is 2. The number of ether oxygens (including phenoxy) is 2. The number of unbranched alkanes of at least 4 members (excludes halogenated alkanes) is 2. The van der Waals surface area contributed by atoms with E-state index in [1.165, 1.54) is 4.90 Å². The van der Waals surface area contributed by atoms with Gasteiger partial charge in [0.15, 0.2) is 5.78 Å². The second-order valence-corrected chi connectivity index (χ2v) is 21.0. The van der Waals surface area contributed by atoms with Crippen LogP contribution in [0.2, 0.25) is 10.0 Å². The molecule has 0 radical (unpaired) electrons. The minimum absolute atomic E-state index is 0.0121. The maximum absolute atomic E-state index is 14.0. The lowest BCUT2D eigenvalue weighted by molar-refractivity contribution is -0.142. The van der Waals surface area contributed by atoms with Crippen LogP contribution in [0.5, 0.6) is 0 Å². The number of nitrogens with one attached hydrogen (secondary N) is 5. The Morgan fingerprint density at radius 3 is 1.68 bits per heavy atom. The van der Waals surface area contributed by atoms with Crippen LogP contribution in [-0.2, 0) is 41.6 Å². The van der Waals surface area contributed by atoms with Crippen molar-refractivity contribution in [2.75, 3.05) is 23.7 Å². The molecule has 16 nitrogen and oxygen atoms in total. The van der Waals surface area contributed by atoms with Crippen LogP contribution in [0, 0.1) is 13.8 Å². The highest BCUT2D eigenvalue weighted by molar-refractivity contribution is 6.31. The molecule has 74 heavy (non-hydrogen) atoms. The van der Waals surface area contributed by atoms with Crippen molar-refractivity contribution in [3.05, 3.63) is 129 Å². The van der Waals surface area contributed by atoms with Gasteiger partial charge in [0, 0.05) is 65.9 Å². The van der Waals surface area contributed by atoms with E-state index < -0.39 is 53.3 Å². The first-order valence-corrected chi connectivity index (χ1v) is 25.7. The van der Waals surface area contributed by atoms with Crippen LogP contribution in [0.1, 0.15) is 126 Å². The zero-order valence-corrected chi connectivity index (χ0v) is 45.3. The lowest BCUT2D eigenvalue weighted by Gasteiger charge is -2.37. The van der Waals surface area contributed by atoms with E-state index in [-0.39, 0.29) is 49.8 Å². The predicted molar refractivity (Wildman–Crippen MR) is 290 cm³/mol. The molecule has 0 saturated carbocycles. The SMILES string of the molecule is Cc1cc(NC(=O)[C@@H](N)CCCCNC(=O)OC(C)(C)C)ccc1Cl.Cc1cc(NC(=O)[C@H](CCCCNC(=O)OC(C)(C)C)NC(=O)[C@@H]2Cc3ccccc3CN2C(=O)CCC(=O)c2ccccc2)ccc1Cl. The van der Waals surface area contributed by atoms with Gasteiger partial charge in [0.25, 0.3) is 0 Å². The largest absolute Gasteiger partial charge is 0.444 e. The van der Waals surface area contributed by atoms with Gasteiger partial charge in [0.2, 0.25) is 23.6 Å². The van der Waals surface area contributed by atoms with E-state index in [1.54, 1.807) is 81.4 Å². The molecule has 1 aliphatic heterocycles. The molecule has 3 atom stereocenters. The van der Waals surface area contributed by atoms with Crippen LogP contribution in [-0.4, -0.2) is 88.9 Å². The van der Waals surface area contributed by atoms with Crippen molar-refractivity contribution in [1.82, 2.24) is 20.9 Å². The Kier molecular flexibility index (Phi) is 23.4. The molecule has 0 aliphatic carbocycles. The van der Waals surface area contributed by atoms with Gasteiger partial charge in [-0.25, -0.2) is 9.59 Å². The second kappa shape index (κ2) is 28.8. The summed E-state index contributed by atoms with van der Waals surface area (Å²) in [6.07, 6.45) is 2.57. The van der Waals surface area contributed by atoms with Gasteiger partial charge < -0.3 is 46.7 Å². The van der Waals surface area contributed by atoms with Gasteiger partial charge in [-0.1, -0.05) is 77.8 Å². The molecule has 1 heterocycles. The van der Waals surface area contributed by atoms with Crippen molar-refractivity contribution in [3.8, 4) is 0 Å². The molecule has 6 amide bonds.